The molecule has 0 amide bonds. The highest BCUT2D eigenvalue weighted by Crippen LogP contribution is 2.31. The van der Waals surface area contributed by atoms with E-state index in [1.807, 2.05) is 6.07 Å². The summed E-state index contributed by atoms with van der Waals surface area (Å²) in [6.45, 7) is 4.15. The summed E-state index contributed by atoms with van der Waals surface area (Å²) in [6.07, 6.45) is 0.322. The van der Waals surface area contributed by atoms with Gasteiger partial charge in [0.25, 0.3) is 0 Å². The number of hydrogen-bond acceptors (Lipinski definition) is 3. The monoisotopic (exact) mass is 316 g/mol. The highest BCUT2D eigenvalue weighted by Gasteiger charge is 2.14. The van der Waals surface area contributed by atoms with Gasteiger partial charge in [-0.2, -0.15) is 0 Å². The molecule has 0 radical (unpaired) electrons. The Labute approximate surface area is 112 Å². The quantitative estimate of drug-likeness (QED) is 0.886. The van der Waals surface area contributed by atoms with Crippen LogP contribution in [0.1, 0.15) is 26.3 Å². The van der Waals surface area contributed by atoms with E-state index < -0.39 is 0 Å². The zero-order valence-corrected chi connectivity index (χ0v) is 12.4. The Morgan fingerprint density at radius 2 is 2.06 bits per heavy atom. The van der Waals surface area contributed by atoms with Gasteiger partial charge >= 0.3 is 0 Å². The Bertz CT molecular complexity index is 487. The molecule has 2 aromatic heterocycles. The molecule has 86 valence electrons. The van der Waals surface area contributed by atoms with Gasteiger partial charge < -0.3 is 5.11 Å². The summed E-state index contributed by atoms with van der Waals surface area (Å²) in [4.78, 5) is 3.70. The molecule has 0 spiro atoms. The van der Waals surface area contributed by atoms with Gasteiger partial charge in [0, 0.05) is 21.1 Å². The molecule has 0 aliphatic carbocycles. The predicted octanol–water partition coefficient (Wildman–Crippen LogP) is 4.47. The van der Waals surface area contributed by atoms with Crippen LogP contribution < -0.4 is 0 Å². The fraction of sp³-hybridized carbons (Fsp3) is 0.333. The fourth-order valence-electron chi connectivity index (χ4n) is 1.74. The van der Waals surface area contributed by atoms with Gasteiger partial charge in [-0.15, -0.1) is 22.7 Å². The van der Waals surface area contributed by atoms with Gasteiger partial charge in [0.1, 0.15) is 0 Å². The molecule has 0 fully saturated rings. The molecule has 1 nitrogen and oxygen atoms in total. The van der Waals surface area contributed by atoms with Crippen molar-refractivity contribution in [2.45, 2.75) is 26.4 Å². The van der Waals surface area contributed by atoms with Gasteiger partial charge in [0.2, 0.25) is 0 Å². The molecule has 0 saturated carbocycles. The highest BCUT2D eigenvalue weighted by atomic mass is 79.9. The summed E-state index contributed by atoms with van der Waals surface area (Å²) in [6, 6.07) is 6.18. The third-order valence-electron chi connectivity index (χ3n) is 2.46. The van der Waals surface area contributed by atoms with Crippen molar-refractivity contribution < 1.29 is 5.11 Å². The third kappa shape index (κ3) is 2.74. The maximum absolute atomic E-state index is 10.2. The van der Waals surface area contributed by atoms with E-state index in [0.717, 1.165) is 9.35 Å². The summed E-state index contributed by atoms with van der Waals surface area (Å²) in [5.41, 5.74) is 1.08. The summed E-state index contributed by atoms with van der Waals surface area (Å²) in [5.74, 6) is 0. The number of aliphatic hydroxyl groups excluding tert-OH is 1. The number of aryl methyl sites for hydroxylation is 2. The summed E-state index contributed by atoms with van der Waals surface area (Å²) in [7, 11) is 0. The number of halogens is 1. The van der Waals surface area contributed by atoms with Gasteiger partial charge in [-0.1, -0.05) is 0 Å². The first kappa shape index (κ1) is 12.3. The maximum atomic E-state index is 10.2. The smallest absolute Gasteiger partial charge is 0.0848 e. The minimum absolute atomic E-state index is 0.379. The largest absolute Gasteiger partial charge is 0.388 e. The molecule has 0 aromatic carbocycles. The van der Waals surface area contributed by atoms with Crippen molar-refractivity contribution in [2.75, 3.05) is 0 Å². The molecule has 1 unspecified atom stereocenters. The standard InChI is InChI=1S/C12H13BrOS2/c1-7-5-10(8(2)15-7)11(14)6-9-3-4-12(13)16-9/h3-5,11,14H,6H2,1-2H3. The first-order valence-electron chi connectivity index (χ1n) is 5.05. The second kappa shape index (κ2) is 5.00. The Kier molecular flexibility index (Phi) is 3.85. The van der Waals surface area contributed by atoms with Crippen molar-refractivity contribution >= 4 is 38.6 Å². The Hall–Kier alpha value is -0.160. The van der Waals surface area contributed by atoms with Gasteiger partial charge in [0.15, 0.2) is 0 Å². The predicted molar refractivity (Wildman–Crippen MR) is 74.5 cm³/mol. The maximum Gasteiger partial charge on any atom is 0.0848 e. The van der Waals surface area contributed by atoms with E-state index in [1.54, 1.807) is 22.7 Å². The van der Waals surface area contributed by atoms with Gasteiger partial charge in [0.05, 0.1) is 9.89 Å². The Morgan fingerprint density at radius 3 is 2.56 bits per heavy atom. The van der Waals surface area contributed by atoms with Crippen molar-refractivity contribution in [1.82, 2.24) is 0 Å². The van der Waals surface area contributed by atoms with Crippen LogP contribution in [0, 0.1) is 13.8 Å². The van der Waals surface area contributed by atoms with Crippen LogP contribution in [0.25, 0.3) is 0 Å². The second-order valence-electron chi connectivity index (χ2n) is 3.79. The third-order valence-corrected chi connectivity index (χ3v) is 5.09. The molecular formula is C12H13BrOS2. The molecule has 2 aromatic rings. The summed E-state index contributed by atoms with van der Waals surface area (Å²) >= 11 is 6.87. The van der Waals surface area contributed by atoms with Crippen molar-refractivity contribution in [3.8, 4) is 0 Å². The number of hydrogen-bond donors (Lipinski definition) is 1. The molecule has 2 rings (SSSR count). The lowest BCUT2D eigenvalue weighted by atomic mass is 10.1. The SMILES string of the molecule is Cc1cc(C(O)Cc2ccc(Br)s2)c(C)s1. The first-order valence-corrected chi connectivity index (χ1v) is 7.48. The lowest BCUT2D eigenvalue weighted by Gasteiger charge is -2.08. The van der Waals surface area contributed by atoms with Gasteiger partial charge in [-0.3, -0.25) is 0 Å². The van der Waals surface area contributed by atoms with Crippen molar-refractivity contribution in [1.29, 1.82) is 0 Å². The molecule has 0 aliphatic heterocycles. The molecule has 4 heteroatoms. The van der Waals surface area contributed by atoms with Gasteiger partial charge in [-0.05, 0) is 53.5 Å². The highest BCUT2D eigenvalue weighted by molar-refractivity contribution is 9.11. The Morgan fingerprint density at radius 1 is 1.31 bits per heavy atom. The van der Waals surface area contributed by atoms with E-state index in [9.17, 15) is 5.11 Å². The lowest BCUT2D eigenvalue weighted by Crippen LogP contribution is -2.00. The lowest BCUT2D eigenvalue weighted by molar-refractivity contribution is 0.179. The molecule has 0 bridgehead atoms. The normalized spacial score (nSPS) is 13.0. The molecule has 1 N–H and O–H groups in total. The number of aliphatic hydroxyl groups is 1. The van der Waals surface area contributed by atoms with Gasteiger partial charge in [-0.25, -0.2) is 0 Å². The van der Waals surface area contributed by atoms with Crippen molar-refractivity contribution in [3.63, 3.8) is 0 Å². The molecular weight excluding hydrogens is 304 g/mol. The van der Waals surface area contributed by atoms with Crippen LogP contribution in [-0.4, -0.2) is 5.11 Å². The zero-order chi connectivity index (χ0) is 11.7. The van der Waals surface area contributed by atoms with E-state index in [2.05, 4.69) is 41.9 Å². The average Bonchev–Trinajstić information content (AvgIpc) is 2.73. The molecule has 0 saturated heterocycles. The Balaban J connectivity index is 2.14. The zero-order valence-electron chi connectivity index (χ0n) is 9.16. The van der Waals surface area contributed by atoms with E-state index in [0.29, 0.717) is 6.42 Å². The topological polar surface area (TPSA) is 20.2 Å². The average molecular weight is 317 g/mol. The van der Waals surface area contributed by atoms with E-state index in [-0.39, 0.29) is 6.10 Å². The van der Waals surface area contributed by atoms with Crippen LogP contribution in [0.2, 0.25) is 0 Å². The molecule has 2 heterocycles. The minimum Gasteiger partial charge on any atom is -0.388 e. The van der Waals surface area contributed by atoms with Crippen molar-refractivity contribution in [2.24, 2.45) is 0 Å². The van der Waals surface area contributed by atoms with E-state index >= 15 is 0 Å². The van der Waals surface area contributed by atoms with Crippen LogP contribution in [-0.2, 0) is 6.42 Å². The van der Waals surface area contributed by atoms with Crippen LogP contribution in [0.4, 0.5) is 0 Å². The van der Waals surface area contributed by atoms with Crippen molar-refractivity contribution in [3.05, 3.63) is 42.2 Å². The van der Waals surface area contributed by atoms with Crippen LogP contribution in [0.5, 0.6) is 0 Å². The molecule has 0 aliphatic rings. The summed E-state index contributed by atoms with van der Waals surface area (Å²) in [5, 5.41) is 10.2. The first-order chi connectivity index (χ1) is 7.56. The molecule has 1 atom stereocenters. The number of rotatable bonds is 3. The second-order valence-corrected chi connectivity index (χ2v) is 7.80. The molecule has 16 heavy (non-hydrogen) atoms. The van der Waals surface area contributed by atoms with Crippen LogP contribution in [0.15, 0.2) is 22.0 Å². The van der Waals surface area contributed by atoms with Crippen LogP contribution in [0.3, 0.4) is 0 Å². The fourth-order valence-corrected chi connectivity index (χ4v) is 4.24. The van der Waals surface area contributed by atoms with Crippen LogP contribution >= 0.6 is 38.6 Å². The summed E-state index contributed by atoms with van der Waals surface area (Å²) < 4.78 is 1.12. The van der Waals surface area contributed by atoms with E-state index in [1.165, 1.54) is 14.6 Å². The minimum atomic E-state index is -0.379. The van der Waals surface area contributed by atoms with E-state index in [4.69, 9.17) is 0 Å². The number of thiophene rings is 2.